The summed E-state index contributed by atoms with van der Waals surface area (Å²) in [6.07, 6.45) is -4.24. The first-order chi connectivity index (χ1) is 13.8. The Balaban J connectivity index is 1.64. The van der Waals surface area contributed by atoms with E-state index in [-0.39, 0.29) is 17.9 Å². The van der Waals surface area contributed by atoms with Crippen LogP contribution in [0.4, 0.5) is 18.9 Å². The first-order valence-corrected chi connectivity index (χ1v) is 9.09. The van der Waals surface area contributed by atoms with Crippen LogP contribution in [0.1, 0.15) is 16.7 Å². The van der Waals surface area contributed by atoms with Crippen molar-refractivity contribution in [3.05, 3.63) is 59.2 Å². The summed E-state index contributed by atoms with van der Waals surface area (Å²) in [4.78, 5) is 16.1. The molecule has 1 saturated heterocycles. The molecule has 1 amide bonds. The van der Waals surface area contributed by atoms with Crippen LogP contribution in [0.2, 0.25) is 0 Å². The van der Waals surface area contributed by atoms with E-state index in [1.807, 2.05) is 35.2 Å². The van der Waals surface area contributed by atoms with Crippen LogP contribution in [-0.2, 0) is 17.4 Å². The number of hydrogen-bond donors (Lipinski definition) is 0. The second kappa shape index (κ2) is 8.43. The molecule has 0 bridgehead atoms. The highest BCUT2D eigenvalue weighted by Gasteiger charge is 2.32. The lowest BCUT2D eigenvalue weighted by molar-refractivity contribution is -0.137. The topological polar surface area (TPSA) is 56.6 Å². The van der Waals surface area contributed by atoms with Crippen molar-refractivity contribution in [3.63, 3.8) is 0 Å². The predicted molar refractivity (Wildman–Crippen MR) is 102 cm³/mol. The first-order valence-electron chi connectivity index (χ1n) is 9.09. The van der Waals surface area contributed by atoms with E-state index in [2.05, 4.69) is 0 Å². The minimum Gasteiger partial charge on any atom is -0.497 e. The average molecular weight is 403 g/mol. The van der Waals surface area contributed by atoms with Gasteiger partial charge in [-0.15, -0.1) is 0 Å². The van der Waals surface area contributed by atoms with Crippen molar-refractivity contribution in [2.45, 2.75) is 12.6 Å². The summed E-state index contributed by atoms with van der Waals surface area (Å²) >= 11 is 0. The van der Waals surface area contributed by atoms with E-state index in [1.54, 1.807) is 12.0 Å². The van der Waals surface area contributed by atoms with E-state index < -0.39 is 11.7 Å². The Morgan fingerprint density at radius 1 is 1.14 bits per heavy atom. The van der Waals surface area contributed by atoms with Gasteiger partial charge in [-0.05, 0) is 35.9 Å². The number of benzene rings is 2. The van der Waals surface area contributed by atoms with Gasteiger partial charge >= 0.3 is 6.18 Å². The smallest absolute Gasteiger partial charge is 0.416 e. The monoisotopic (exact) mass is 403 g/mol. The standard InChI is InChI=1S/C21H20F3N3O2/c1-29-18-4-2-3-15(11-18)12-20(28)27-9-7-26(8-10-27)19-6-5-17(21(22,23)24)13-16(19)14-25/h2-6,11,13H,7-10,12H2,1H3. The van der Waals surface area contributed by atoms with Gasteiger partial charge in [-0.3, -0.25) is 4.79 Å². The lowest BCUT2D eigenvalue weighted by Gasteiger charge is -2.36. The van der Waals surface area contributed by atoms with Gasteiger partial charge in [-0.1, -0.05) is 12.1 Å². The molecule has 0 saturated carbocycles. The molecule has 0 atom stereocenters. The van der Waals surface area contributed by atoms with Crippen molar-refractivity contribution in [3.8, 4) is 11.8 Å². The molecule has 5 nitrogen and oxygen atoms in total. The minimum atomic E-state index is -4.49. The molecule has 1 aliphatic heterocycles. The fourth-order valence-corrected chi connectivity index (χ4v) is 3.34. The van der Waals surface area contributed by atoms with Crippen LogP contribution >= 0.6 is 0 Å². The second-order valence-corrected chi connectivity index (χ2v) is 6.74. The molecule has 8 heteroatoms. The van der Waals surface area contributed by atoms with Crippen LogP contribution in [0.5, 0.6) is 5.75 Å². The van der Waals surface area contributed by atoms with Crippen molar-refractivity contribution < 1.29 is 22.7 Å². The van der Waals surface area contributed by atoms with Gasteiger partial charge in [0.05, 0.1) is 30.3 Å². The van der Waals surface area contributed by atoms with Crippen LogP contribution in [0.15, 0.2) is 42.5 Å². The molecule has 2 aromatic rings. The van der Waals surface area contributed by atoms with Crippen molar-refractivity contribution >= 4 is 11.6 Å². The molecule has 1 heterocycles. The number of carbonyl (C=O) groups is 1. The molecular weight excluding hydrogens is 383 g/mol. The fraction of sp³-hybridized carbons (Fsp3) is 0.333. The molecule has 3 rings (SSSR count). The lowest BCUT2D eigenvalue weighted by Crippen LogP contribution is -2.49. The largest absolute Gasteiger partial charge is 0.497 e. The van der Waals surface area contributed by atoms with Crippen LogP contribution in [-0.4, -0.2) is 44.1 Å². The number of halogens is 3. The van der Waals surface area contributed by atoms with Crippen LogP contribution < -0.4 is 9.64 Å². The molecule has 29 heavy (non-hydrogen) atoms. The van der Waals surface area contributed by atoms with E-state index in [1.165, 1.54) is 6.07 Å². The first kappa shape index (κ1) is 20.5. The molecule has 1 fully saturated rings. The minimum absolute atomic E-state index is 0.0176. The number of ether oxygens (including phenoxy) is 1. The molecular formula is C21H20F3N3O2. The Kier molecular flexibility index (Phi) is 5.97. The maximum atomic E-state index is 12.9. The van der Waals surface area contributed by atoms with Gasteiger partial charge in [0.15, 0.2) is 0 Å². The number of rotatable bonds is 4. The Bertz CT molecular complexity index is 929. The van der Waals surface area contributed by atoms with Crippen LogP contribution in [0, 0.1) is 11.3 Å². The SMILES string of the molecule is COc1cccc(CC(=O)N2CCN(c3ccc(C(F)(F)F)cc3C#N)CC2)c1. The highest BCUT2D eigenvalue weighted by Crippen LogP contribution is 2.33. The number of piperazine rings is 1. The molecule has 0 unspecified atom stereocenters. The van der Waals surface area contributed by atoms with Crippen LogP contribution in [0.25, 0.3) is 0 Å². The van der Waals surface area contributed by atoms with Gasteiger partial charge in [0, 0.05) is 26.2 Å². The average Bonchev–Trinajstić information content (AvgIpc) is 2.72. The molecule has 0 radical (unpaired) electrons. The second-order valence-electron chi connectivity index (χ2n) is 6.74. The predicted octanol–water partition coefficient (Wildman–Crippen LogP) is 3.48. The van der Waals surface area contributed by atoms with Gasteiger partial charge < -0.3 is 14.5 Å². The third-order valence-corrected chi connectivity index (χ3v) is 4.91. The number of nitrogens with zero attached hydrogens (tertiary/aromatic N) is 3. The quantitative estimate of drug-likeness (QED) is 0.785. The highest BCUT2D eigenvalue weighted by molar-refractivity contribution is 5.79. The molecule has 0 spiro atoms. The Morgan fingerprint density at radius 2 is 1.86 bits per heavy atom. The lowest BCUT2D eigenvalue weighted by atomic mass is 10.1. The normalized spacial score (nSPS) is 14.4. The van der Waals surface area contributed by atoms with E-state index in [0.29, 0.717) is 37.6 Å². The maximum absolute atomic E-state index is 12.9. The van der Waals surface area contributed by atoms with E-state index in [0.717, 1.165) is 17.7 Å². The zero-order valence-corrected chi connectivity index (χ0v) is 15.9. The van der Waals surface area contributed by atoms with Crippen molar-refractivity contribution in [2.24, 2.45) is 0 Å². The Hall–Kier alpha value is -3.21. The van der Waals surface area contributed by atoms with Crippen molar-refractivity contribution in [1.82, 2.24) is 4.90 Å². The molecule has 0 aromatic heterocycles. The van der Waals surface area contributed by atoms with Gasteiger partial charge in [-0.2, -0.15) is 18.4 Å². The summed E-state index contributed by atoms with van der Waals surface area (Å²) in [5.74, 6) is 0.664. The van der Waals surface area contributed by atoms with Gasteiger partial charge in [-0.25, -0.2) is 0 Å². The third kappa shape index (κ3) is 4.80. The summed E-state index contributed by atoms with van der Waals surface area (Å²) < 4.78 is 43.8. The van der Waals surface area contributed by atoms with Gasteiger partial charge in [0.2, 0.25) is 5.91 Å². The summed E-state index contributed by atoms with van der Waals surface area (Å²) in [7, 11) is 1.57. The number of nitriles is 1. The summed E-state index contributed by atoms with van der Waals surface area (Å²) in [6, 6.07) is 12.3. The number of methoxy groups -OCH3 is 1. The molecule has 152 valence electrons. The zero-order chi connectivity index (χ0) is 21.0. The number of alkyl halides is 3. The summed E-state index contributed by atoms with van der Waals surface area (Å²) in [6.45, 7) is 1.77. The number of hydrogen-bond acceptors (Lipinski definition) is 4. The van der Waals surface area contributed by atoms with E-state index >= 15 is 0 Å². The fourth-order valence-electron chi connectivity index (χ4n) is 3.34. The zero-order valence-electron chi connectivity index (χ0n) is 15.9. The Morgan fingerprint density at radius 3 is 2.48 bits per heavy atom. The van der Waals surface area contributed by atoms with E-state index in [4.69, 9.17) is 4.74 Å². The Labute approximate surface area is 166 Å². The number of anilines is 1. The summed E-state index contributed by atoms with van der Waals surface area (Å²) in [5, 5.41) is 9.27. The highest BCUT2D eigenvalue weighted by atomic mass is 19.4. The summed E-state index contributed by atoms with van der Waals surface area (Å²) in [5.41, 5.74) is 0.451. The van der Waals surface area contributed by atoms with Crippen molar-refractivity contribution in [1.29, 1.82) is 5.26 Å². The molecule has 0 aliphatic carbocycles. The van der Waals surface area contributed by atoms with E-state index in [9.17, 15) is 23.2 Å². The van der Waals surface area contributed by atoms with Gasteiger partial charge in [0.25, 0.3) is 0 Å². The number of amides is 1. The third-order valence-electron chi connectivity index (χ3n) is 4.91. The molecule has 0 N–H and O–H groups in total. The van der Waals surface area contributed by atoms with Gasteiger partial charge in [0.1, 0.15) is 11.8 Å². The maximum Gasteiger partial charge on any atom is 0.416 e. The molecule has 1 aliphatic rings. The number of carbonyl (C=O) groups excluding carboxylic acids is 1. The van der Waals surface area contributed by atoms with Crippen molar-refractivity contribution in [2.75, 3.05) is 38.2 Å². The molecule has 2 aromatic carbocycles. The van der Waals surface area contributed by atoms with Crippen LogP contribution in [0.3, 0.4) is 0 Å².